The van der Waals surface area contributed by atoms with Gasteiger partial charge in [0.1, 0.15) is 6.73 Å². The molecule has 0 unspecified atom stereocenters. The lowest BCUT2D eigenvalue weighted by atomic mass is 10.1. The highest BCUT2D eigenvalue weighted by Crippen LogP contribution is 2.25. The fourth-order valence-electron chi connectivity index (χ4n) is 3.14. The van der Waals surface area contributed by atoms with Gasteiger partial charge in [-0.05, 0) is 36.9 Å². The Hall–Kier alpha value is -3.10. The maximum atomic E-state index is 12.9. The third-order valence-electron chi connectivity index (χ3n) is 4.99. The molecular weight excluding hydrogens is 370 g/mol. The number of hydrogen-bond acceptors (Lipinski definition) is 6. The van der Waals surface area contributed by atoms with Gasteiger partial charge >= 0.3 is 6.09 Å². The number of piperazine rings is 1. The molecule has 4 N–H and O–H groups in total. The van der Waals surface area contributed by atoms with Crippen LogP contribution in [0.1, 0.15) is 15.9 Å². The van der Waals surface area contributed by atoms with E-state index in [-0.39, 0.29) is 13.3 Å². The number of carbonyl (C=O) groups excluding carboxylic acids is 2. The van der Waals surface area contributed by atoms with Crippen molar-refractivity contribution in [2.45, 2.75) is 6.54 Å². The van der Waals surface area contributed by atoms with Crippen molar-refractivity contribution >= 4 is 23.4 Å². The molecule has 1 heterocycles. The molecule has 8 nitrogen and oxygen atoms in total. The number of ether oxygens (including phenoxy) is 1. The number of para-hydroxylation sites is 2. The number of hydrogen-bond donors (Lipinski definition) is 2. The van der Waals surface area contributed by atoms with Gasteiger partial charge in [0.05, 0.1) is 17.9 Å². The van der Waals surface area contributed by atoms with E-state index in [1.165, 1.54) is 4.90 Å². The SMILES string of the molecule is CN1CCN(COC(=O)N(Cc2ccc(C(N)=O)cc2)c2ccccc2N)CC1. The van der Waals surface area contributed by atoms with E-state index in [1.807, 2.05) is 12.1 Å². The molecule has 1 aliphatic heterocycles. The van der Waals surface area contributed by atoms with Crippen LogP contribution in [0, 0.1) is 0 Å². The third kappa shape index (κ3) is 5.46. The molecule has 0 bridgehead atoms. The summed E-state index contributed by atoms with van der Waals surface area (Å²) in [5, 5.41) is 0. The van der Waals surface area contributed by atoms with Crippen molar-refractivity contribution in [1.82, 2.24) is 9.80 Å². The number of anilines is 2. The van der Waals surface area contributed by atoms with Gasteiger partial charge in [-0.25, -0.2) is 4.79 Å². The Morgan fingerprint density at radius 2 is 1.69 bits per heavy atom. The first-order valence-corrected chi connectivity index (χ1v) is 9.52. The molecule has 2 amide bonds. The van der Waals surface area contributed by atoms with E-state index in [4.69, 9.17) is 16.2 Å². The number of likely N-dealkylation sites (N-methyl/N-ethyl adjacent to an activating group) is 1. The van der Waals surface area contributed by atoms with Gasteiger partial charge in [0, 0.05) is 31.7 Å². The minimum absolute atomic E-state index is 0.233. The Morgan fingerprint density at radius 3 is 2.31 bits per heavy atom. The van der Waals surface area contributed by atoms with Gasteiger partial charge in [-0.2, -0.15) is 0 Å². The van der Waals surface area contributed by atoms with Gasteiger partial charge in [-0.3, -0.25) is 14.6 Å². The molecule has 8 heteroatoms. The van der Waals surface area contributed by atoms with Crippen molar-refractivity contribution < 1.29 is 14.3 Å². The van der Waals surface area contributed by atoms with Gasteiger partial charge in [0.15, 0.2) is 0 Å². The minimum Gasteiger partial charge on any atom is -0.433 e. The Balaban J connectivity index is 1.73. The summed E-state index contributed by atoms with van der Waals surface area (Å²) in [6.07, 6.45) is -0.471. The maximum Gasteiger partial charge on any atom is 0.415 e. The van der Waals surface area contributed by atoms with E-state index in [1.54, 1.807) is 36.4 Å². The summed E-state index contributed by atoms with van der Waals surface area (Å²) in [5.41, 5.74) is 13.7. The lowest BCUT2D eigenvalue weighted by Gasteiger charge is -2.32. The molecule has 0 radical (unpaired) electrons. The molecule has 0 aromatic heterocycles. The molecule has 0 spiro atoms. The number of rotatable bonds is 6. The Kier molecular flexibility index (Phi) is 6.69. The van der Waals surface area contributed by atoms with Gasteiger partial charge in [0.25, 0.3) is 0 Å². The summed E-state index contributed by atoms with van der Waals surface area (Å²) in [6.45, 7) is 4.08. The monoisotopic (exact) mass is 397 g/mol. The first kappa shape index (κ1) is 20.6. The second-order valence-corrected chi connectivity index (χ2v) is 7.17. The fraction of sp³-hybridized carbons (Fsp3) is 0.333. The number of nitrogens with two attached hydrogens (primary N) is 2. The van der Waals surface area contributed by atoms with Crippen LogP contribution in [0.2, 0.25) is 0 Å². The molecule has 2 aromatic rings. The second-order valence-electron chi connectivity index (χ2n) is 7.17. The molecule has 0 aliphatic carbocycles. The number of nitrogens with zero attached hydrogens (tertiary/aromatic N) is 3. The topological polar surface area (TPSA) is 105 Å². The average Bonchev–Trinajstić information content (AvgIpc) is 2.72. The molecule has 0 saturated carbocycles. The first-order chi connectivity index (χ1) is 13.9. The molecule has 154 valence electrons. The van der Waals surface area contributed by atoms with Crippen LogP contribution in [0.3, 0.4) is 0 Å². The average molecular weight is 397 g/mol. The summed E-state index contributed by atoms with van der Waals surface area (Å²) in [4.78, 5) is 30.0. The summed E-state index contributed by atoms with van der Waals surface area (Å²) < 4.78 is 5.59. The first-order valence-electron chi connectivity index (χ1n) is 9.52. The van der Waals surface area contributed by atoms with E-state index >= 15 is 0 Å². The molecule has 0 atom stereocenters. The van der Waals surface area contributed by atoms with E-state index < -0.39 is 12.0 Å². The zero-order valence-corrected chi connectivity index (χ0v) is 16.6. The van der Waals surface area contributed by atoms with Crippen LogP contribution in [0.4, 0.5) is 16.2 Å². The highest BCUT2D eigenvalue weighted by atomic mass is 16.6. The van der Waals surface area contributed by atoms with Crippen LogP contribution >= 0.6 is 0 Å². The standard InChI is InChI=1S/C21H27N5O3/c1-24-10-12-25(13-11-24)15-29-21(28)26(19-5-3-2-4-18(19)22)14-16-6-8-17(9-7-16)20(23)27/h2-9H,10-15,22H2,1H3,(H2,23,27). The lowest BCUT2D eigenvalue weighted by Crippen LogP contribution is -2.46. The van der Waals surface area contributed by atoms with Crippen LogP contribution in [-0.4, -0.2) is 61.8 Å². The normalized spacial score (nSPS) is 15.1. The smallest absolute Gasteiger partial charge is 0.415 e. The maximum absolute atomic E-state index is 12.9. The predicted molar refractivity (Wildman–Crippen MR) is 112 cm³/mol. The van der Waals surface area contributed by atoms with Crippen LogP contribution in [0.15, 0.2) is 48.5 Å². The zero-order chi connectivity index (χ0) is 20.8. The molecular formula is C21H27N5O3. The molecule has 3 rings (SSSR count). The van der Waals surface area contributed by atoms with Crippen molar-refractivity contribution in [3.63, 3.8) is 0 Å². The quantitative estimate of drug-likeness (QED) is 0.719. The Morgan fingerprint density at radius 1 is 1.03 bits per heavy atom. The van der Waals surface area contributed by atoms with Gasteiger partial charge in [-0.15, -0.1) is 0 Å². The van der Waals surface area contributed by atoms with E-state index in [0.29, 0.717) is 16.9 Å². The van der Waals surface area contributed by atoms with E-state index in [0.717, 1.165) is 31.7 Å². The summed E-state index contributed by atoms with van der Waals surface area (Å²) in [5.74, 6) is -0.493. The number of primary amides is 1. The summed E-state index contributed by atoms with van der Waals surface area (Å²) in [7, 11) is 2.08. The van der Waals surface area contributed by atoms with Crippen LogP contribution < -0.4 is 16.4 Å². The number of amides is 2. The van der Waals surface area contributed by atoms with Crippen molar-refractivity contribution in [1.29, 1.82) is 0 Å². The molecule has 1 saturated heterocycles. The lowest BCUT2D eigenvalue weighted by molar-refractivity contribution is 0.0445. The van der Waals surface area contributed by atoms with Crippen LogP contribution in [-0.2, 0) is 11.3 Å². The molecule has 29 heavy (non-hydrogen) atoms. The number of nitrogen functional groups attached to an aromatic ring is 1. The summed E-state index contributed by atoms with van der Waals surface area (Å²) >= 11 is 0. The molecule has 1 fully saturated rings. The van der Waals surface area contributed by atoms with E-state index in [9.17, 15) is 9.59 Å². The Labute approximate surface area is 170 Å². The fourth-order valence-corrected chi connectivity index (χ4v) is 3.14. The van der Waals surface area contributed by atoms with Crippen molar-refractivity contribution in [2.75, 3.05) is 50.6 Å². The minimum atomic E-state index is -0.493. The predicted octanol–water partition coefficient (Wildman–Crippen LogP) is 1.72. The molecule has 2 aromatic carbocycles. The van der Waals surface area contributed by atoms with Crippen LogP contribution in [0.25, 0.3) is 0 Å². The number of benzene rings is 2. The van der Waals surface area contributed by atoms with Crippen molar-refractivity contribution in [2.24, 2.45) is 5.73 Å². The van der Waals surface area contributed by atoms with Crippen LogP contribution in [0.5, 0.6) is 0 Å². The zero-order valence-electron chi connectivity index (χ0n) is 16.6. The Bertz CT molecular complexity index is 848. The highest BCUT2D eigenvalue weighted by Gasteiger charge is 2.22. The van der Waals surface area contributed by atoms with Crippen molar-refractivity contribution in [3.05, 3.63) is 59.7 Å². The highest BCUT2D eigenvalue weighted by molar-refractivity contribution is 5.93. The largest absolute Gasteiger partial charge is 0.433 e. The number of carbonyl (C=O) groups is 2. The summed E-state index contributed by atoms with van der Waals surface area (Å²) in [6, 6.07) is 14.0. The molecule has 1 aliphatic rings. The van der Waals surface area contributed by atoms with Gasteiger partial charge < -0.3 is 21.1 Å². The van der Waals surface area contributed by atoms with E-state index in [2.05, 4.69) is 16.8 Å². The van der Waals surface area contributed by atoms with Gasteiger partial charge in [-0.1, -0.05) is 24.3 Å². The second kappa shape index (κ2) is 9.40. The van der Waals surface area contributed by atoms with Gasteiger partial charge in [0.2, 0.25) is 5.91 Å². The third-order valence-corrected chi connectivity index (χ3v) is 4.99. The van der Waals surface area contributed by atoms with Crippen molar-refractivity contribution in [3.8, 4) is 0 Å².